The van der Waals surface area contributed by atoms with Crippen LogP contribution >= 0.6 is 0 Å². The van der Waals surface area contributed by atoms with Crippen molar-refractivity contribution in [3.05, 3.63) is 102 Å². The Labute approximate surface area is 228 Å². The minimum absolute atomic E-state index is 0.142. The molecule has 0 radical (unpaired) electrons. The van der Waals surface area contributed by atoms with Crippen molar-refractivity contribution in [1.82, 2.24) is 0 Å². The molecule has 4 heterocycles. The van der Waals surface area contributed by atoms with Gasteiger partial charge in [-0.1, -0.05) is 36.4 Å². The Balaban J connectivity index is 1.24. The number of aliphatic imine (C=N–C) groups is 2. The summed E-state index contributed by atoms with van der Waals surface area (Å²) in [5.41, 5.74) is 5.18. The molecule has 1 atom stereocenters. The third-order valence-corrected chi connectivity index (χ3v) is 7.05. The second-order valence-electron chi connectivity index (χ2n) is 10.4. The number of nitrogens with zero attached hydrogens (tertiary/aromatic N) is 4. The van der Waals surface area contributed by atoms with Crippen LogP contribution in [0.15, 0.2) is 106 Å². The topological polar surface area (TPSA) is 78.7 Å². The lowest BCUT2D eigenvalue weighted by molar-refractivity contribution is -1.02. The summed E-state index contributed by atoms with van der Waals surface area (Å²) < 4.78 is 11.6. The monoisotopic (exact) mass is 524 g/mol. The Hall–Kier alpha value is -4.14. The molecule has 0 saturated heterocycles. The van der Waals surface area contributed by atoms with E-state index in [0.717, 1.165) is 34.0 Å². The van der Waals surface area contributed by atoms with Gasteiger partial charge in [-0.15, -0.1) is 0 Å². The van der Waals surface area contributed by atoms with Crippen LogP contribution in [-0.2, 0) is 14.3 Å². The highest BCUT2D eigenvalue weighted by atomic mass is 16.8. The van der Waals surface area contributed by atoms with Crippen molar-refractivity contribution < 1.29 is 24.1 Å². The van der Waals surface area contributed by atoms with E-state index < -0.39 is 0 Å². The first-order valence-corrected chi connectivity index (χ1v) is 13.3. The number of anilines is 1. The van der Waals surface area contributed by atoms with Crippen LogP contribution in [0.5, 0.6) is 0 Å². The molecule has 0 fully saturated rings. The predicted octanol–water partition coefficient (Wildman–Crippen LogP) is 4.96. The van der Waals surface area contributed by atoms with E-state index in [1.54, 1.807) is 0 Å². The molecule has 1 unspecified atom stereocenters. The van der Waals surface area contributed by atoms with Gasteiger partial charge < -0.3 is 14.6 Å². The summed E-state index contributed by atoms with van der Waals surface area (Å²) in [4.78, 5) is 17.4. The average molecular weight is 525 g/mol. The summed E-state index contributed by atoms with van der Waals surface area (Å²) in [6.45, 7) is 8.39. The van der Waals surface area contributed by atoms with E-state index in [1.807, 2.05) is 105 Å². The van der Waals surface area contributed by atoms with Crippen LogP contribution in [0.25, 0.3) is 5.57 Å². The highest BCUT2D eigenvalue weighted by molar-refractivity contribution is 5.93. The summed E-state index contributed by atoms with van der Waals surface area (Å²) in [7, 11) is 0. The summed E-state index contributed by atoms with van der Waals surface area (Å²) in [6, 6.07) is 18.2. The van der Waals surface area contributed by atoms with Gasteiger partial charge >= 0.3 is 0 Å². The fourth-order valence-electron chi connectivity index (χ4n) is 5.21. The van der Waals surface area contributed by atoms with E-state index in [2.05, 4.69) is 4.99 Å². The maximum Gasteiger partial charge on any atom is 0.292 e. The van der Waals surface area contributed by atoms with E-state index in [0.29, 0.717) is 38.1 Å². The molecule has 0 N–H and O–H groups in total. The van der Waals surface area contributed by atoms with Crippen LogP contribution in [0.4, 0.5) is 11.4 Å². The number of hydroxylamine groups is 3. The van der Waals surface area contributed by atoms with Gasteiger partial charge in [0.2, 0.25) is 5.70 Å². The molecular formula is C31H32N4O4. The van der Waals surface area contributed by atoms with Crippen molar-refractivity contribution in [2.45, 2.75) is 32.7 Å². The molecule has 2 bridgehead atoms. The number of amidine groups is 1. The SMILES string of the molecule is CCOCCN(C1=NC(C)(C)CO1)c1ccc(N=C([O-])CC2=C(c3ccccc3)C3=C4C=CC=C[N+]42O3)cc1. The summed E-state index contributed by atoms with van der Waals surface area (Å²) in [5, 5.41) is 13.3. The smallest absolute Gasteiger partial charge is 0.292 e. The molecule has 39 heavy (non-hydrogen) atoms. The zero-order valence-corrected chi connectivity index (χ0v) is 22.5. The van der Waals surface area contributed by atoms with Crippen LogP contribution in [0.3, 0.4) is 0 Å². The maximum atomic E-state index is 13.3. The molecule has 8 nitrogen and oxygen atoms in total. The zero-order valence-electron chi connectivity index (χ0n) is 22.5. The Morgan fingerprint density at radius 1 is 1.13 bits per heavy atom. The molecule has 0 spiro atoms. The number of rotatable bonds is 9. The minimum Gasteiger partial charge on any atom is -0.861 e. The van der Waals surface area contributed by atoms with Gasteiger partial charge in [-0.3, -0.25) is 14.7 Å². The Bertz CT molecular complexity index is 1450. The Morgan fingerprint density at radius 2 is 1.92 bits per heavy atom. The second-order valence-corrected chi connectivity index (χ2v) is 10.4. The van der Waals surface area contributed by atoms with Gasteiger partial charge in [0, 0.05) is 18.4 Å². The number of allylic oxidation sites excluding steroid dienone is 4. The van der Waals surface area contributed by atoms with Gasteiger partial charge in [0.05, 0.1) is 36.4 Å². The first-order chi connectivity index (χ1) is 18.9. The molecule has 4 aliphatic heterocycles. The van der Waals surface area contributed by atoms with Crippen LogP contribution in [0, 0.1) is 0 Å². The second kappa shape index (κ2) is 9.87. The number of hydrogen-bond acceptors (Lipinski definition) is 7. The molecular weight excluding hydrogens is 492 g/mol. The van der Waals surface area contributed by atoms with Gasteiger partial charge in [-0.05, 0) is 67.2 Å². The molecule has 0 aromatic heterocycles. The fourth-order valence-corrected chi connectivity index (χ4v) is 5.21. The van der Waals surface area contributed by atoms with Crippen molar-refractivity contribution in [2.75, 3.05) is 31.3 Å². The number of ether oxygens (including phenoxy) is 2. The van der Waals surface area contributed by atoms with Gasteiger partial charge in [-0.25, -0.2) is 4.99 Å². The summed E-state index contributed by atoms with van der Waals surface area (Å²) in [6.07, 6.45) is 8.11. The Kier molecular flexibility index (Phi) is 6.37. The molecule has 2 aromatic carbocycles. The van der Waals surface area contributed by atoms with Crippen molar-refractivity contribution in [3.63, 3.8) is 0 Å². The van der Waals surface area contributed by atoms with E-state index in [1.165, 1.54) is 0 Å². The molecule has 8 heteroatoms. The number of quaternary nitrogens is 1. The normalized spacial score (nSPS) is 22.3. The van der Waals surface area contributed by atoms with Crippen molar-refractivity contribution in [2.24, 2.45) is 9.98 Å². The highest BCUT2D eigenvalue weighted by Gasteiger charge is 2.61. The van der Waals surface area contributed by atoms with Crippen LogP contribution in [0.1, 0.15) is 32.8 Å². The van der Waals surface area contributed by atoms with E-state index in [-0.39, 0.29) is 22.5 Å². The van der Waals surface area contributed by atoms with E-state index in [4.69, 9.17) is 19.3 Å². The zero-order chi connectivity index (χ0) is 27.0. The molecule has 2 aromatic rings. The summed E-state index contributed by atoms with van der Waals surface area (Å²) >= 11 is 0. The van der Waals surface area contributed by atoms with E-state index >= 15 is 0 Å². The quantitative estimate of drug-likeness (QED) is 0.201. The first-order valence-electron chi connectivity index (χ1n) is 13.3. The lowest BCUT2D eigenvalue weighted by atomic mass is 10.0. The van der Waals surface area contributed by atoms with Gasteiger partial charge in [-0.2, -0.15) is 0 Å². The van der Waals surface area contributed by atoms with Crippen LogP contribution < -0.4 is 10.0 Å². The highest BCUT2D eigenvalue weighted by Crippen LogP contribution is 2.58. The molecule has 200 valence electrons. The molecule has 0 aliphatic carbocycles. The predicted molar refractivity (Wildman–Crippen MR) is 149 cm³/mol. The van der Waals surface area contributed by atoms with Gasteiger partial charge in [0.25, 0.3) is 11.8 Å². The standard InChI is InChI=1S/C31H32N4O4/c1-4-37-19-17-34(30-33-31(2,3)21-38-30)24-15-13-23(14-16-24)32-27(36)20-26-28(22-10-6-5-7-11-22)29-25-12-8-9-18-35(25,26)39-29/h5-16,18H,4,17,19-21H2,1-3H3. The number of benzene rings is 2. The van der Waals surface area contributed by atoms with Gasteiger partial charge in [0.1, 0.15) is 12.8 Å². The largest absolute Gasteiger partial charge is 0.861 e. The fraction of sp³-hybridized carbons (Fsp3) is 0.290. The number of hydrogen-bond donors (Lipinski definition) is 0. The van der Waals surface area contributed by atoms with Crippen LogP contribution in [0.2, 0.25) is 0 Å². The molecule has 6 rings (SSSR count). The maximum absolute atomic E-state index is 13.3. The molecule has 0 amide bonds. The Morgan fingerprint density at radius 3 is 2.64 bits per heavy atom. The molecule has 0 saturated carbocycles. The average Bonchev–Trinajstić information content (AvgIpc) is 3.53. The minimum atomic E-state index is -0.268. The van der Waals surface area contributed by atoms with Crippen molar-refractivity contribution >= 4 is 28.9 Å². The first kappa shape index (κ1) is 25.2. The van der Waals surface area contributed by atoms with Crippen LogP contribution in [-0.4, -0.2) is 48.5 Å². The third-order valence-electron chi connectivity index (χ3n) is 7.05. The lowest BCUT2D eigenvalue weighted by Crippen LogP contribution is -2.44. The molecule has 4 aliphatic rings. The van der Waals surface area contributed by atoms with Crippen molar-refractivity contribution in [3.8, 4) is 0 Å². The third kappa shape index (κ3) is 4.56. The van der Waals surface area contributed by atoms with E-state index in [9.17, 15) is 5.11 Å². The van der Waals surface area contributed by atoms with Gasteiger partial charge in [0.15, 0.2) is 5.70 Å². The van der Waals surface area contributed by atoms with Crippen molar-refractivity contribution in [1.29, 1.82) is 0 Å². The summed E-state index contributed by atoms with van der Waals surface area (Å²) in [5.74, 6) is 0.609. The lowest BCUT2D eigenvalue weighted by Gasteiger charge is -2.35.